The molecular formula is C39H34N4OPt. The second kappa shape index (κ2) is 12.5. The Bertz CT molecular complexity index is 2160. The Morgan fingerprint density at radius 1 is 0.756 bits per heavy atom. The molecule has 0 spiro atoms. The van der Waals surface area contributed by atoms with Gasteiger partial charge < -0.3 is 9.30 Å². The fraction of sp³-hybridized carbons (Fsp3) is 0.179. The van der Waals surface area contributed by atoms with Crippen LogP contribution in [0.15, 0.2) is 91.1 Å². The third-order valence-electron chi connectivity index (χ3n) is 8.35. The molecule has 0 fully saturated rings. The third kappa shape index (κ3) is 5.62. The monoisotopic (exact) mass is 769 g/mol. The first-order valence-corrected chi connectivity index (χ1v) is 15.2. The van der Waals surface area contributed by atoms with E-state index in [4.69, 9.17) is 14.8 Å². The maximum absolute atomic E-state index is 6.52. The molecule has 45 heavy (non-hydrogen) atoms. The van der Waals surface area contributed by atoms with Gasteiger partial charge in [0.15, 0.2) is 0 Å². The van der Waals surface area contributed by atoms with E-state index in [1.807, 2.05) is 29.1 Å². The fourth-order valence-electron chi connectivity index (χ4n) is 6.11. The Kier molecular flexibility index (Phi) is 8.48. The smallest absolute Gasteiger partial charge is 0.509 e. The van der Waals surface area contributed by atoms with Crippen molar-refractivity contribution in [3.63, 3.8) is 0 Å². The summed E-state index contributed by atoms with van der Waals surface area (Å²) in [5.74, 6) is 2.12. The van der Waals surface area contributed by atoms with E-state index in [1.54, 1.807) is 0 Å². The van der Waals surface area contributed by atoms with Crippen LogP contribution >= 0.6 is 0 Å². The molecule has 3 heterocycles. The first-order chi connectivity index (χ1) is 21.4. The van der Waals surface area contributed by atoms with Crippen LogP contribution in [0, 0.1) is 32.9 Å². The van der Waals surface area contributed by atoms with Crippen LogP contribution in [-0.2, 0) is 33.9 Å². The van der Waals surface area contributed by atoms with Crippen molar-refractivity contribution in [2.24, 2.45) is 0 Å². The number of ether oxygens (including phenoxy) is 1. The molecule has 0 aliphatic heterocycles. The average Bonchev–Trinajstić information content (AvgIpc) is 3.53. The number of pyridine rings is 1. The molecule has 7 aromatic rings. The van der Waals surface area contributed by atoms with E-state index >= 15 is 0 Å². The van der Waals surface area contributed by atoms with Crippen molar-refractivity contribution < 1.29 is 25.8 Å². The molecule has 5 nitrogen and oxygen atoms in total. The Hall–Kier alpha value is -4.47. The van der Waals surface area contributed by atoms with E-state index in [2.05, 4.69) is 118 Å². The maximum atomic E-state index is 6.52. The molecule has 0 aliphatic carbocycles. The second-order valence-electron chi connectivity index (χ2n) is 11.3. The summed E-state index contributed by atoms with van der Waals surface area (Å²) in [5.41, 5.74) is 10.8. The minimum atomic E-state index is 0. The van der Waals surface area contributed by atoms with E-state index in [-0.39, 0.29) is 21.1 Å². The maximum Gasteiger partial charge on any atom is 2.00 e. The van der Waals surface area contributed by atoms with Crippen molar-refractivity contribution in [3.05, 3.63) is 131 Å². The zero-order chi connectivity index (χ0) is 30.4. The molecule has 0 amide bonds. The molecule has 0 saturated heterocycles. The molecular weight excluding hydrogens is 736 g/mol. The summed E-state index contributed by atoms with van der Waals surface area (Å²) in [6, 6.07) is 36.6. The van der Waals surface area contributed by atoms with E-state index in [9.17, 15) is 0 Å². The minimum Gasteiger partial charge on any atom is -0.509 e. The van der Waals surface area contributed by atoms with E-state index in [0.717, 1.165) is 74.4 Å². The fourth-order valence-corrected chi connectivity index (χ4v) is 6.11. The summed E-state index contributed by atoms with van der Waals surface area (Å²) in [4.78, 5) is 4.73. The van der Waals surface area contributed by atoms with Gasteiger partial charge in [0.2, 0.25) is 0 Å². The minimum absolute atomic E-state index is 0. The molecule has 226 valence electrons. The van der Waals surface area contributed by atoms with E-state index < -0.39 is 0 Å². The van der Waals surface area contributed by atoms with Crippen LogP contribution in [0.25, 0.3) is 44.4 Å². The van der Waals surface area contributed by atoms with Crippen molar-refractivity contribution in [1.82, 2.24) is 19.3 Å². The molecule has 0 radical (unpaired) electrons. The van der Waals surface area contributed by atoms with Crippen LogP contribution in [0.3, 0.4) is 0 Å². The zero-order valence-corrected chi connectivity index (χ0v) is 28.4. The van der Waals surface area contributed by atoms with Crippen LogP contribution in [0.4, 0.5) is 0 Å². The van der Waals surface area contributed by atoms with Gasteiger partial charge in [-0.25, -0.2) is 4.98 Å². The molecule has 7 rings (SSSR count). The van der Waals surface area contributed by atoms with Gasteiger partial charge in [-0.2, -0.15) is 16.7 Å². The molecule has 0 N–H and O–H groups in total. The van der Waals surface area contributed by atoms with E-state index in [1.165, 1.54) is 10.9 Å². The van der Waals surface area contributed by atoms with Crippen molar-refractivity contribution in [3.8, 4) is 34.1 Å². The molecule has 4 aromatic carbocycles. The summed E-state index contributed by atoms with van der Waals surface area (Å²) in [5, 5.41) is 7.23. The molecule has 0 unspecified atom stereocenters. The van der Waals surface area contributed by atoms with Gasteiger partial charge >= 0.3 is 21.1 Å². The van der Waals surface area contributed by atoms with Gasteiger partial charge in [-0.1, -0.05) is 68.2 Å². The standard InChI is InChI=1S/C39H34N4O.Pt/c1-6-28-13-16-36-35(22-28)34-15-14-32(24-37(34)42(36)38-19-25(3)17-18-40-38)44-33-21-29(7-2)20-31(23-33)43-27(5)39(26(4)41-43)30-11-9-8-10-12-30;/h8-22H,6-7H2,1-5H3;/q-2;+2. The van der Waals surface area contributed by atoms with Gasteiger partial charge in [0, 0.05) is 34.5 Å². The number of aryl methyl sites for hydroxylation is 4. The number of fused-ring (bicyclic) bond motifs is 3. The number of hydrogen-bond acceptors (Lipinski definition) is 3. The predicted octanol–water partition coefficient (Wildman–Crippen LogP) is 9.47. The van der Waals surface area contributed by atoms with Crippen LogP contribution < -0.4 is 4.74 Å². The van der Waals surface area contributed by atoms with Gasteiger partial charge in [-0.05, 0) is 73.2 Å². The summed E-state index contributed by atoms with van der Waals surface area (Å²) < 4.78 is 10.7. The van der Waals surface area contributed by atoms with Gasteiger partial charge in [0.1, 0.15) is 5.82 Å². The Morgan fingerprint density at radius 3 is 2.31 bits per heavy atom. The van der Waals surface area contributed by atoms with Gasteiger partial charge in [0.05, 0.1) is 5.69 Å². The van der Waals surface area contributed by atoms with Gasteiger partial charge in [0.25, 0.3) is 0 Å². The molecule has 0 atom stereocenters. The van der Waals surface area contributed by atoms with Crippen molar-refractivity contribution in [2.45, 2.75) is 47.5 Å². The zero-order valence-electron chi connectivity index (χ0n) is 26.1. The van der Waals surface area contributed by atoms with Crippen LogP contribution in [0.5, 0.6) is 11.5 Å². The summed E-state index contributed by atoms with van der Waals surface area (Å²) in [7, 11) is 0. The first-order valence-electron chi connectivity index (χ1n) is 15.2. The Labute approximate surface area is 278 Å². The second-order valence-corrected chi connectivity index (χ2v) is 11.3. The summed E-state index contributed by atoms with van der Waals surface area (Å²) >= 11 is 0. The first kappa shape index (κ1) is 30.6. The van der Waals surface area contributed by atoms with Crippen LogP contribution in [0.2, 0.25) is 0 Å². The average molecular weight is 770 g/mol. The van der Waals surface area contributed by atoms with Gasteiger partial charge in [-0.3, -0.25) is 4.68 Å². The van der Waals surface area contributed by atoms with Gasteiger partial charge in [-0.15, -0.1) is 35.7 Å². The number of nitrogens with zero attached hydrogens (tertiary/aromatic N) is 4. The number of benzene rings is 4. The SMILES string of the molecule is CCc1cc(Oc2[c-]c3c(cc2)c2cc(CC)ccc2n3-c2cc(C)ccn2)[c-]c(-n2nc(C)c(-c3ccccc3)c2C)c1.[Pt+2]. The molecule has 0 saturated carbocycles. The van der Waals surface area contributed by atoms with Crippen molar-refractivity contribution in [2.75, 3.05) is 0 Å². The number of aromatic nitrogens is 4. The predicted molar refractivity (Wildman–Crippen MR) is 178 cm³/mol. The molecule has 6 heteroatoms. The Morgan fingerprint density at radius 2 is 1.56 bits per heavy atom. The number of hydrogen-bond donors (Lipinski definition) is 0. The van der Waals surface area contributed by atoms with E-state index in [0.29, 0.717) is 11.5 Å². The Balaban J connectivity index is 0.00000357. The van der Waals surface area contributed by atoms with Crippen molar-refractivity contribution in [1.29, 1.82) is 0 Å². The number of rotatable bonds is 7. The summed E-state index contributed by atoms with van der Waals surface area (Å²) in [6.45, 7) is 10.6. The molecule has 3 aromatic heterocycles. The molecule has 0 aliphatic rings. The third-order valence-corrected chi connectivity index (χ3v) is 8.35. The van der Waals surface area contributed by atoms with Crippen LogP contribution in [-0.4, -0.2) is 19.3 Å². The van der Waals surface area contributed by atoms with Crippen molar-refractivity contribution >= 4 is 21.8 Å². The largest absolute Gasteiger partial charge is 2.00 e. The quantitative estimate of drug-likeness (QED) is 0.152. The normalized spacial score (nSPS) is 11.2. The topological polar surface area (TPSA) is 44.9 Å². The summed E-state index contributed by atoms with van der Waals surface area (Å²) in [6.07, 6.45) is 3.70. The van der Waals surface area contributed by atoms with Crippen LogP contribution in [0.1, 0.15) is 41.9 Å². The molecule has 0 bridgehead atoms.